The number of anilines is 1. The zero-order valence-corrected chi connectivity index (χ0v) is 18.8. The summed E-state index contributed by atoms with van der Waals surface area (Å²) in [5.41, 5.74) is 2.37. The molecule has 0 radical (unpaired) electrons. The fourth-order valence-electron chi connectivity index (χ4n) is 3.46. The highest BCUT2D eigenvalue weighted by molar-refractivity contribution is 6.30. The van der Waals surface area contributed by atoms with Crippen LogP contribution in [0.1, 0.15) is 18.1 Å². The Hall–Kier alpha value is -3.84. The maximum atomic E-state index is 13.1. The van der Waals surface area contributed by atoms with Crippen LogP contribution in [0.5, 0.6) is 5.75 Å². The Morgan fingerprint density at radius 2 is 1.94 bits per heavy atom. The highest BCUT2D eigenvalue weighted by Crippen LogP contribution is 2.21. The largest absolute Gasteiger partial charge is 0.494 e. The molecule has 2 aromatic heterocycles. The molecule has 0 fully saturated rings. The van der Waals surface area contributed by atoms with E-state index in [1.54, 1.807) is 47.6 Å². The van der Waals surface area contributed by atoms with Crippen LogP contribution in [0.15, 0.2) is 77.9 Å². The van der Waals surface area contributed by atoms with E-state index < -0.39 is 0 Å². The Labute approximate surface area is 196 Å². The summed E-state index contributed by atoms with van der Waals surface area (Å²) in [6.45, 7) is 2.85. The zero-order chi connectivity index (χ0) is 23.2. The zero-order valence-electron chi connectivity index (χ0n) is 18.0. The van der Waals surface area contributed by atoms with Crippen LogP contribution < -0.4 is 15.6 Å². The van der Waals surface area contributed by atoms with Crippen molar-refractivity contribution in [2.45, 2.75) is 20.0 Å². The van der Waals surface area contributed by atoms with E-state index in [1.165, 1.54) is 0 Å². The maximum Gasteiger partial charge on any atom is 0.322 e. The molecule has 8 heteroatoms. The molecule has 7 nitrogen and oxygen atoms in total. The quantitative estimate of drug-likeness (QED) is 0.394. The normalized spacial score (nSPS) is 10.7. The average Bonchev–Trinajstić information content (AvgIpc) is 2.81. The highest BCUT2D eigenvalue weighted by atomic mass is 35.5. The minimum atomic E-state index is -0.344. The number of rotatable bonds is 7. The Balaban J connectivity index is 1.64. The van der Waals surface area contributed by atoms with Crippen LogP contribution in [0.3, 0.4) is 0 Å². The van der Waals surface area contributed by atoms with Crippen LogP contribution in [0.2, 0.25) is 5.02 Å². The number of nitrogens with one attached hydrogen (secondary N) is 2. The van der Waals surface area contributed by atoms with Crippen LogP contribution in [-0.4, -0.2) is 27.5 Å². The van der Waals surface area contributed by atoms with Crippen molar-refractivity contribution >= 4 is 34.2 Å². The Kier molecular flexibility index (Phi) is 6.90. The van der Waals surface area contributed by atoms with Gasteiger partial charge in [-0.2, -0.15) is 0 Å². The number of nitrogens with zero attached hydrogens (tertiary/aromatic N) is 2. The minimum absolute atomic E-state index is 0.110. The van der Waals surface area contributed by atoms with Gasteiger partial charge in [0.15, 0.2) is 0 Å². The molecular formula is C25H23ClN4O3. The molecule has 4 aromatic rings. The van der Waals surface area contributed by atoms with Gasteiger partial charge >= 0.3 is 6.03 Å². The molecule has 2 N–H and O–H groups in total. The minimum Gasteiger partial charge on any atom is -0.494 e. The lowest BCUT2D eigenvalue weighted by Crippen LogP contribution is -2.35. The van der Waals surface area contributed by atoms with Gasteiger partial charge in [0.05, 0.1) is 13.2 Å². The molecular weight excluding hydrogens is 440 g/mol. The Bertz CT molecular complexity index is 1310. The van der Waals surface area contributed by atoms with Gasteiger partial charge < -0.3 is 19.9 Å². The lowest BCUT2D eigenvalue weighted by molar-refractivity contribution is 0.206. The first-order chi connectivity index (χ1) is 16.0. The van der Waals surface area contributed by atoms with Gasteiger partial charge in [0.2, 0.25) is 0 Å². The number of amides is 2. The second-order valence-electron chi connectivity index (χ2n) is 7.46. The van der Waals surface area contributed by atoms with Crippen LogP contribution in [0.25, 0.3) is 10.9 Å². The van der Waals surface area contributed by atoms with E-state index in [9.17, 15) is 9.59 Å². The van der Waals surface area contributed by atoms with Gasteiger partial charge in [-0.25, -0.2) is 4.79 Å². The molecule has 0 aliphatic heterocycles. The molecule has 33 heavy (non-hydrogen) atoms. The Morgan fingerprint density at radius 1 is 1.12 bits per heavy atom. The molecule has 0 unspecified atom stereocenters. The van der Waals surface area contributed by atoms with Crippen molar-refractivity contribution in [3.63, 3.8) is 0 Å². The standard InChI is InChI=1S/C25H23ClN4O3/c1-2-33-22-9-10-23-18(13-22)12-19(24(31)29-23)16-30(15-17-4-3-11-27-14-17)25(32)28-21-7-5-20(26)6-8-21/h3-14H,2,15-16H2,1H3,(H,28,32)(H,29,31). The van der Waals surface area contributed by atoms with E-state index in [0.717, 1.165) is 16.7 Å². The summed E-state index contributed by atoms with van der Waals surface area (Å²) >= 11 is 5.94. The van der Waals surface area contributed by atoms with E-state index in [1.807, 2.05) is 37.3 Å². The third kappa shape index (κ3) is 5.70. The fraction of sp³-hybridized carbons (Fsp3) is 0.160. The monoisotopic (exact) mass is 462 g/mol. The molecule has 2 heterocycles. The summed E-state index contributed by atoms with van der Waals surface area (Å²) in [7, 11) is 0. The number of urea groups is 1. The first-order valence-corrected chi connectivity index (χ1v) is 10.9. The first kappa shape index (κ1) is 22.4. The molecule has 4 rings (SSSR count). The number of ether oxygens (including phenoxy) is 1. The van der Waals surface area contributed by atoms with Gasteiger partial charge in [-0.1, -0.05) is 17.7 Å². The number of H-pyrrole nitrogens is 1. The van der Waals surface area contributed by atoms with Gasteiger partial charge in [0.25, 0.3) is 5.56 Å². The summed E-state index contributed by atoms with van der Waals surface area (Å²) in [6.07, 6.45) is 3.37. The van der Waals surface area contributed by atoms with Crippen LogP contribution in [-0.2, 0) is 13.1 Å². The number of pyridine rings is 2. The number of hydrogen-bond acceptors (Lipinski definition) is 4. The number of fused-ring (bicyclic) bond motifs is 1. The summed E-state index contributed by atoms with van der Waals surface area (Å²) in [6, 6.07) is 17.5. The van der Waals surface area contributed by atoms with Crippen molar-refractivity contribution in [2.24, 2.45) is 0 Å². The molecule has 0 aliphatic rings. The molecule has 0 aliphatic carbocycles. The van der Waals surface area contributed by atoms with Gasteiger partial charge in [-0.3, -0.25) is 9.78 Å². The van der Waals surface area contributed by atoms with Crippen molar-refractivity contribution in [3.8, 4) is 5.75 Å². The van der Waals surface area contributed by atoms with Crippen molar-refractivity contribution in [2.75, 3.05) is 11.9 Å². The SMILES string of the molecule is CCOc1ccc2[nH]c(=O)c(CN(Cc3cccnc3)C(=O)Nc3ccc(Cl)cc3)cc2c1. The second kappa shape index (κ2) is 10.2. The number of aromatic amines is 1. The smallest absolute Gasteiger partial charge is 0.322 e. The van der Waals surface area contributed by atoms with E-state index in [2.05, 4.69) is 15.3 Å². The summed E-state index contributed by atoms with van der Waals surface area (Å²) < 4.78 is 5.57. The van der Waals surface area contributed by atoms with Crippen LogP contribution in [0.4, 0.5) is 10.5 Å². The molecule has 0 saturated heterocycles. The van der Waals surface area contributed by atoms with E-state index in [-0.39, 0.29) is 24.7 Å². The number of carbonyl (C=O) groups excluding carboxylic acids is 1. The van der Waals surface area contributed by atoms with Crippen molar-refractivity contribution < 1.29 is 9.53 Å². The summed E-state index contributed by atoms with van der Waals surface area (Å²) in [5.74, 6) is 0.718. The molecule has 168 valence electrons. The van der Waals surface area contributed by atoms with Gasteiger partial charge in [-0.15, -0.1) is 0 Å². The third-order valence-electron chi connectivity index (χ3n) is 5.04. The molecule has 2 amide bonds. The molecule has 0 bridgehead atoms. The second-order valence-corrected chi connectivity index (χ2v) is 7.90. The lowest BCUT2D eigenvalue weighted by Gasteiger charge is -2.23. The van der Waals surface area contributed by atoms with E-state index >= 15 is 0 Å². The predicted molar refractivity (Wildman–Crippen MR) is 130 cm³/mol. The highest BCUT2D eigenvalue weighted by Gasteiger charge is 2.17. The van der Waals surface area contributed by atoms with Gasteiger partial charge in [-0.05, 0) is 67.1 Å². The topological polar surface area (TPSA) is 87.3 Å². The Morgan fingerprint density at radius 3 is 2.67 bits per heavy atom. The lowest BCUT2D eigenvalue weighted by atomic mass is 10.1. The van der Waals surface area contributed by atoms with Crippen molar-refractivity contribution in [1.82, 2.24) is 14.9 Å². The number of benzene rings is 2. The molecule has 0 spiro atoms. The fourth-order valence-corrected chi connectivity index (χ4v) is 3.58. The average molecular weight is 463 g/mol. The van der Waals surface area contributed by atoms with Crippen LogP contribution >= 0.6 is 11.6 Å². The van der Waals surface area contributed by atoms with Gasteiger partial charge in [0, 0.05) is 46.1 Å². The van der Waals surface area contributed by atoms with E-state index in [0.29, 0.717) is 28.4 Å². The molecule has 0 saturated carbocycles. The predicted octanol–water partition coefficient (Wildman–Crippen LogP) is 5.21. The first-order valence-electron chi connectivity index (χ1n) is 10.5. The van der Waals surface area contributed by atoms with Crippen molar-refractivity contribution in [1.29, 1.82) is 0 Å². The number of carbonyl (C=O) groups is 1. The van der Waals surface area contributed by atoms with Gasteiger partial charge in [0.1, 0.15) is 5.75 Å². The van der Waals surface area contributed by atoms with Crippen LogP contribution in [0, 0.1) is 0 Å². The third-order valence-corrected chi connectivity index (χ3v) is 5.30. The van der Waals surface area contributed by atoms with Crippen molar-refractivity contribution in [3.05, 3.63) is 99.6 Å². The molecule has 2 aromatic carbocycles. The number of halogens is 1. The number of hydrogen-bond donors (Lipinski definition) is 2. The summed E-state index contributed by atoms with van der Waals surface area (Å²) in [5, 5.41) is 4.27. The number of aromatic nitrogens is 2. The maximum absolute atomic E-state index is 13.1. The van der Waals surface area contributed by atoms with E-state index in [4.69, 9.17) is 16.3 Å². The summed E-state index contributed by atoms with van der Waals surface area (Å²) in [4.78, 5) is 34.5. The molecule has 0 atom stereocenters.